The highest BCUT2D eigenvalue weighted by Crippen LogP contribution is 2.22. The van der Waals surface area contributed by atoms with Gasteiger partial charge in [-0.3, -0.25) is 29.0 Å². The van der Waals surface area contributed by atoms with E-state index in [-0.39, 0.29) is 40.0 Å². The summed E-state index contributed by atoms with van der Waals surface area (Å²) in [4.78, 5) is 69.0. The Balaban J connectivity index is 0.000000226. The van der Waals surface area contributed by atoms with E-state index in [0.29, 0.717) is 65.2 Å². The largest absolute Gasteiger partial charge is 0.378 e. The fraction of sp³-hybridized carbons (Fsp3) is 0.355. The van der Waals surface area contributed by atoms with Gasteiger partial charge in [-0.15, -0.1) is 0 Å². The maximum atomic E-state index is 14.2. The molecule has 8 rings (SSSR count). The van der Waals surface area contributed by atoms with Crippen LogP contribution in [0.5, 0.6) is 0 Å². The number of carbonyl (C=O) groups excluding carboxylic acids is 4. The Morgan fingerprint density at radius 1 is 0.385 bits per heavy atom. The van der Waals surface area contributed by atoms with Crippen molar-refractivity contribution in [2.24, 2.45) is 0 Å². The number of nitrogens with zero attached hydrogens (tertiary/aromatic N) is 8. The van der Waals surface area contributed by atoms with Crippen molar-refractivity contribution in [2.45, 2.75) is 25.9 Å². The van der Waals surface area contributed by atoms with E-state index >= 15 is 0 Å². The Morgan fingerprint density at radius 2 is 0.692 bits per heavy atom. The normalized spacial score (nSPS) is 13.7. The van der Waals surface area contributed by atoms with Crippen LogP contribution < -0.4 is 30.2 Å². The fourth-order valence-corrected chi connectivity index (χ4v) is 9.41. The molecule has 2 aliphatic rings. The average molecular weight is 1060 g/mol. The summed E-state index contributed by atoms with van der Waals surface area (Å²) in [6, 6.07) is 40.8. The summed E-state index contributed by atoms with van der Waals surface area (Å²) >= 11 is 0. The molecule has 2 aliphatic heterocycles. The second kappa shape index (κ2) is 27.5. The number of piperazine rings is 2. The molecule has 2 saturated heterocycles. The molecule has 6 aromatic carbocycles. The van der Waals surface area contributed by atoms with Crippen molar-refractivity contribution >= 4 is 46.4 Å². The maximum absolute atomic E-state index is 14.2. The molecule has 2 heterocycles. The first-order chi connectivity index (χ1) is 37.4. The number of halogens is 2. The first-order valence-corrected chi connectivity index (χ1v) is 26.7. The summed E-state index contributed by atoms with van der Waals surface area (Å²) in [6.45, 7) is 7.47. The minimum absolute atomic E-state index is 0.0753. The highest BCUT2D eigenvalue weighted by Gasteiger charge is 2.28. The van der Waals surface area contributed by atoms with Crippen molar-refractivity contribution in [3.63, 3.8) is 0 Å². The summed E-state index contributed by atoms with van der Waals surface area (Å²) in [6.07, 6.45) is 1.29. The Hall–Kier alpha value is -7.82. The molecule has 0 spiro atoms. The standard InChI is InChI=1S/2C31H38FN5O2/c1-34(2)26-10-5-23(6-11-26)15-16-33-30(38)29-21-25(32)9-14-28(29)31(39)37-19-17-36(18-20-37)22-24-7-12-27(13-8-24)35(3)4;1-34(2)26-10-5-23(6-11-26)15-16-33-30(38)28-14-9-25(32)21-29(28)31(39)37-19-17-36(18-20-37)22-24-7-12-27(13-8-24)35(3)4/h2*5-14,21H,15-20,22H2,1-4H3,(H,33,38). The molecule has 0 radical (unpaired) electrons. The van der Waals surface area contributed by atoms with E-state index in [1.165, 1.54) is 41.5 Å². The van der Waals surface area contributed by atoms with Crippen molar-refractivity contribution in [1.29, 1.82) is 0 Å². The zero-order chi connectivity index (χ0) is 55.9. The van der Waals surface area contributed by atoms with Crippen LogP contribution in [0, 0.1) is 11.6 Å². The van der Waals surface area contributed by atoms with Gasteiger partial charge in [0.05, 0.1) is 22.3 Å². The van der Waals surface area contributed by atoms with Gasteiger partial charge in [-0.2, -0.15) is 0 Å². The fourth-order valence-electron chi connectivity index (χ4n) is 9.41. The predicted molar refractivity (Wildman–Crippen MR) is 310 cm³/mol. The summed E-state index contributed by atoms with van der Waals surface area (Å²) in [7, 11) is 16.0. The summed E-state index contributed by atoms with van der Waals surface area (Å²) in [5, 5.41) is 5.75. The second-order valence-corrected chi connectivity index (χ2v) is 20.8. The average Bonchev–Trinajstić information content (AvgIpc) is 3.43. The van der Waals surface area contributed by atoms with E-state index in [9.17, 15) is 28.0 Å². The molecular formula is C62H76F2N10O4. The molecule has 0 bridgehead atoms. The molecule has 2 fully saturated rings. The SMILES string of the molecule is CN(C)c1ccc(CCNC(=O)c2cc(F)ccc2C(=O)N2CCN(Cc3ccc(N(C)C)cc3)CC2)cc1.CN(C)c1ccc(CCNC(=O)c2ccc(F)cc2C(=O)N2CCN(Cc3ccc(N(C)C)cc3)CC2)cc1. The van der Waals surface area contributed by atoms with E-state index < -0.39 is 17.5 Å². The lowest BCUT2D eigenvalue weighted by atomic mass is 10.0. The van der Waals surface area contributed by atoms with Gasteiger partial charge >= 0.3 is 0 Å². The number of benzene rings is 6. The van der Waals surface area contributed by atoms with Gasteiger partial charge in [-0.05, 0) is 120 Å². The van der Waals surface area contributed by atoms with Gasteiger partial charge in [0, 0.05) is 158 Å². The highest BCUT2D eigenvalue weighted by molar-refractivity contribution is 6.08. The van der Waals surface area contributed by atoms with Crippen LogP contribution >= 0.6 is 0 Å². The Morgan fingerprint density at radius 3 is 1.05 bits per heavy atom. The second-order valence-electron chi connectivity index (χ2n) is 20.8. The first kappa shape index (κ1) is 57.9. The van der Waals surface area contributed by atoms with Crippen LogP contribution in [0.1, 0.15) is 63.7 Å². The lowest BCUT2D eigenvalue weighted by molar-refractivity contribution is 0.0619. The van der Waals surface area contributed by atoms with Gasteiger partial charge in [-0.25, -0.2) is 8.78 Å². The van der Waals surface area contributed by atoms with E-state index in [1.807, 2.05) is 115 Å². The smallest absolute Gasteiger partial charge is 0.254 e. The van der Waals surface area contributed by atoms with Gasteiger partial charge in [-0.1, -0.05) is 48.5 Å². The molecular weight excluding hydrogens is 987 g/mol. The van der Waals surface area contributed by atoms with Crippen LogP contribution in [-0.4, -0.2) is 165 Å². The molecule has 0 unspecified atom stereocenters. The minimum Gasteiger partial charge on any atom is -0.378 e. The van der Waals surface area contributed by atoms with Gasteiger partial charge in [0.2, 0.25) is 0 Å². The topological polar surface area (TPSA) is 118 Å². The van der Waals surface area contributed by atoms with Gasteiger partial charge in [0.1, 0.15) is 11.6 Å². The third kappa shape index (κ3) is 16.1. The van der Waals surface area contributed by atoms with E-state index in [1.54, 1.807) is 9.80 Å². The molecule has 0 saturated carbocycles. The van der Waals surface area contributed by atoms with Crippen LogP contribution in [0.25, 0.3) is 0 Å². The minimum atomic E-state index is -0.541. The molecule has 2 N–H and O–H groups in total. The number of hydrogen-bond donors (Lipinski definition) is 2. The van der Waals surface area contributed by atoms with Gasteiger partial charge < -0.3 is 40.0 Å². The van der Waals surface area contributed by atoms with Gasteiger partial charge in [0.25, 0.3) is 23.6 Å². The number of rotatable bonds is 18. The number of hydrogen-bond acceptors (Lipinski definition) is 10. The predicted octanol–water partition coefficient (Wildman–Crippen LogP) is 7.78. The quantitative estimate of drug-likeness (QED) is 0.0885. The first-order valence-electron chi connectivity index (χ1n) is 26.7. The lowest BCUT2D eigenvalue weighted by Gasteiger charge is -2.35. The molecule has 0 aliphatic carbocycles. The van der Waals surface area contributed by atoms with Crippen LogP contribution in [0.4, 0.5) is 31.5 Å². The van der Waals surface area contributed by atoms with Crippen molar-refractivity contribution < 1.29 is 28.0 Å². The van der Waals surface area contributed by atoms with Crippen LogP contribution in [0.2, 0.25) is 0 Å². The van der Waals surface area contributed by atoms with Gasteiger partial charge in [0.15, 0.2) is 0 Å². The van der Waals surface area contributed by atoms with Crippen molar-refractivity contribution in [3.8, 4) is 0 Å². The van der Waals surface area contributed by atoms with E-state index in [0.717, 1.165) is 66.1 Å². The third-order valence-electron chi connectivity index (χ3n) is 14.3. The Kier molecular flexibility index (Phi) is 20.4. The molecule has 412 valence electrons. The van der Waals surface area contributed by atoms with Crippen molar-refractivity contribution in [2.75, 3.05) is 141 Å². The van der Waals surface area contributed by atoms with Crippen LogP contribution in [0.3, 0.4) is 0 Å². The van der Waals surface area contributed by atoms with Crippen molar-refractivity contribution in [1.82, 2.24) is 30.2 Å². The Labute approximate surface area is 459 Å². The van der Waals surface area contributed by atoms with Crippen LogP contribution in [0.15, 0.2) is 133 Å². The molecule has 78 heavy (non-hydrogen) atoms. The van der Waals surface area contributed by atoms with E-state index in [4.69, 9.17) is 0 Å². The molecule has 16 heteroatoms. The van der Waals surface area contributed by atoms with Crippen LogP contribution in [-0.2, 0) is 25.9 Å². The summed E-state index contributed by atoms with van der Waals surface area (Å²) in [5.41, 5.74) is 9.78. The lowest BCUT2D eigenvalue weighted by Crippen LogP contribution is -2.48. The third-order valence-corrected chi connectivity index (χ3v) is 14.3. The zero-order valence-corrected chi connectivity index (χ0v) is 46.6. The number of nitrogens with one attached hydrogen (secondary N) is 2. The van der Waals surface area contributed by atoms with Crippen molar-refractivity contribution in [3.05, 3.63) is 190 Å². The Bertz CT molecular complexity index is 2940. The molecule has 0 atom stereocenters. The number of carbonyl (C=O) groups is 4. The number of amides is 4. The molecule has 0 aromatic heterocycles. The monoisotopic (exact) mass is 1060 g/mol. The summed E-state index contributed by atoms with van der Waals surface area (Å²) < 4.78 is 28.3. The maximum Gasteiger partial charge on any atom is 0.254 e. The zero-order valence-electron chi connectivity index (χ0n) is 46.6. The summed E-state index contributed by atoms with van der Waals surface area (Å²) in [5.74, 6) is -2.44. The van der Waals surface area contributed by atoms with E-state index in [2.05, 4.69) is 78.8 Å². The molecule has 14 nitrogen and oxygen atoms in total. The molecule has 4 amide bonds. The molecule has 6 aromatic rings. The number of anilines is 4. The highest BCUT2D eigenvalue weighted by atomic mass is 19.1.